The van der Waals surface area contributed by atoms with E-state index in [1.807, 2.05) is 20.8 Å². The van der Waals surface area contributed by atoms with Crippen LogP contribution < -0.4 is 5.32 Å². The van der Waals surface area contributed by atoms with E-state index in [9.17, 15) is 13.2 Å². The molecular weight excluding hydrogens is 227 g/mol. The summed E-state index contributed by atoms with van der Waals surface area (Å²) < 4.78 is 39.5. The summed E-state index contributed by atoms with van der Waals surface area (Å²) in [6, 6.07) is 2.50. The molecule has 1 N–H and O–H groups in total. The number of hydrogen-bond acceptors (Lipinski definition) is 1. The fraction of sp³-hybridized carbons (Fsp3) is 0.538. The molecule has 0 bridgehead atoms. The van der Waals surface area contributed by atoms with Crippen molar-refractivity contribution in [3.8, 4) is 0 Å². The van der Waals surface area contributed by atoms with Crippen molar-refractivity contribution >= 4 is 0 Å². The molecule has 17 heavy (non-hydrogen) atoms. The van der Waals surface area contributed by atoms with E-state index in [-0.39, 0.29) is 23.6 Å². The fourth-order valence-electron chi connectivity index (χ4n) is 1.83. The maximum atomic E-state index is 13.6. The van der Waals surface area contributed by atoms with Gasteiger partial charge in [-0.2, -0.15) is 0 Å². The summed E-state index contributed by atoms with van der Waals surface area (Å²) in [7, 11) is 0. The van der Waals surface area contributed by atoms with Crippen molar-refractivity contribution < 1.29 is 13.2 Å². The Balaban J connectivity index is 2.96. The highest BCUT2D eigenvalue weighted by Gasteiger charge is 2.22. The Kier molecular flexibility index (Phi) is 4.57. The van der Waals surface area contributed by atoms with Crippen LogP contribution in [0.2, 0.25) is 0 Å². The molecule has 0 saturated carbocycles. The smallest absolute Gasteiger partial charge is 0.194 e. The van der Waals surface area contributed by atoms with E-state index in [0.29, 0.717) is 0 Å². The van der Waals surface area contributed by atoms with E-state index < -0.39 is 17.5 Å². The number of nitrogens with one attached hydrogen (secondary N) is 1. The van der Waals surface area contributed by atoms with Crippen LogP contribution in [0.1, 0.15) is 39.2 Å². The molecule has 0 spiro atoms. The summed E-state index contributed by atoms with van der Waals surface area (Å²) in [6.07, 6.45) is 0. The fourth-order valence-corrected chi connectivity index (χ4v) is 1.83. The average molecular weight is 245 g/mol. The van der Waals surface area contributed by atoms with Crippen LogP contribution in [0.15, 0.2) is 12.1 Å². The molecule has 0 aliphatic carbocycles. The van der Waals surface area contributed by atoms with Gasteiger partial charge in [-0.1, -0.05) is 26.8 Å². The molecule has 0 aliphatic heterocycles. The molecule has 96 valence electrons. The summed E-state index contributed by atoms with van der Waals surface area (Å²) in [6.45, 7) is 7.64. The van der Waals surface area contributed by atoms with Crippen LogP contribution in [0.3, 0.4) is 0 Å². The van der Waals surface area contributed by atoms with Crippen molar-refractivity contribution in [1.29, 1.82) is 0 Å². The lowest BCUT2D eigenvalue weighted by Crippen LogP contribution is -2.36. The second kappa shape index (κ2) is 5.54. The number of benzene rings is 1. The first-order valence-corrected chi connectivity index (χ1v) is 5.74. The molecule has 1 aromatic carbocycles. The standard InChI is InChI=1S/C13H18F3N/c1-7(2)17-9(4)8(3)10-5-6-11(14)13(16)12(10)15/h5-9,17H,1-4H3. The molecule has 0 heterocycles. The van der Waals surface area contributed by atoms with Crippen LogP contribution in [0.4, 0.5) is 13.2 Å². The molecule has 0 fully saturated rings. The Bertz CT molecular complexity index is 390. The largest absolute Gasteiger partial charge is 0.311 e. The normalized spacial score (nSPS) is 15.1. The lowest BCUT2D eigenvalue weighted by atomic mass is 9.93. The molecule has 2 unspecified atom stereocenters. The van der Waals surface area contributed by atoms with Gasteiger partial charge in [0.05, 0.1) is 0 Å². The van der Waals surface area contributed by atoms with Crippen LogP contribution in [-0.2, 0) is 0 Å². The van der Waals surface area contributed by atoms with Gasteiger partial charge in [-0.3, -0.25) is 0 Å². The minimum atomic E-state index is -1.40. The van der Waals surface area contributed by atoms with Gasteiger partial charge in [0.2, 0.25) is 0 Å². The van der Waals surface area contributed by atoms with E-state index >= 15 is 0 Å². The summed E-state index contributed by atoms with van der Waals surface area (Å²) in [5.74, 6) is -3.86. The van der Waals surface area contributed by atoms with Crippen LogP contribution in [0.5, 0.6) is 0 Å². The van der Waals surface area contributed by atoms with Gasteiger partial charge >= 0.3 is 0 Å². The quantitative estimate of drug-likeness (QED) is 0.799. The Morgan fingerprint density at radius 1 is 0.941 bits per heavy atom. The summed E-state index contributed by atoms with van der Waals surface area (Å²) >= 11 is 0. The number of halogens is 3. The highest BCUT2D eigenvalue weighted by Crippen LogP contribution is 2.25. The Morgan fingerprint density at radius 3 is 2.06 bits per heavy atom. The second-order valence-electron chi connectivity index (χ2n) is 4.66. The molecule has 0 radical (unpaired) electrons. The average Bonchev–Trinajstić information content (AvgIpc) is 2.24. The molecule has 1 nitrogen and oxygen atoms in total. The molecule has 0 aliphatic rings. The Labute approximate surface area is 100 Å². The van der Waals surface area contributed by atoms with Crippen molar-refractivity contribution in [3.63, 3.8) is 0 Å². The molecule has 0 amide bonds. The van der Waals surface area contributed by atoms with Crippen LogP contribution in [0, 0.1) is 17.5 Å². The van der Waals surface area contributed by atoms with Gasteiger partial charge < -0.3 is 5.32 Å². The first-order valence-electron chi connectivity index (χ1n) is 5.74. The Morgan fingerprint density at radius 2 is 1.53 bits per heavy atom. The number of rotatable bonds is 4. The van der Waals surface area contributed by atoms with E-state index in [4.69, 9.17) is 0 Å². The molecule has 2 atom stereocenters. The maximum Gasteiger partial charge on any atom is 0.194 e. The van der Waals surface area contributed by atoms with Crippen molar-refractivity contribution in [1.82, 2.24) is 5.32 Å². The minimum Gasteiger partial charge on any atom is -0.311 e. The third-order valence-corrected chi connectivity index (χ3v) is 2.90. The van der Waals surface area contributed by atoms with Gasteiger partial charge in [-0.05, 0) is 24.5 Å². The molecule has 4 heteroatoms. The molecule has 1 aromatic rings. The molecule has 0 aromatic heterocycles. The highest BCUT2D eigenvalue weighted by molar-refractivity contribution is 5.24. The van der Waals surface area contributed by atoms with Gasteiger partial charge in [-0.25, -0.2) is 13.2 Å². The van der Waals surface area contributed by atoms with Crippen LogP contribution >= 0.6 is 0 Å². The first kappa shape index (κ1) is 14.0. The van der Waals surface area contributed by atoms with Crippen LogP contribution in [0.25, 0.3) is 0 Å². The zero-order valence-corrected chi connectivity index (χ0v) is 10.5. The van der Waals surface area contributed by atoms with E-state index in [1.54, 1.807) is 6.92 Å². The minimum absolute atomic E-state index is 0.0191. The van der Waals surface area contributed by atoms with Crippen molar-refractivity contribution in [3.05, 3.63) is 35.1 Å². The monoisotopic (exact) mass is 245 g/mol. The maximum absolute atomic E-state index is 13.6. The third-order valence-electron chi connectivity index (χ3n) is 2.90. The zero-order valence-electron chi connectivity index (χ0n) is 10.5. The first-order chi connectivity index (χ1) is 7.84. The highest BCUT2D eigenvalue weighted by atomic mass is 19.2. The van der Waals surface area contributed by atoms with E-state index in [2.05, 4.69) is 5.32 Å². The topological polar surface area (TPSA) is 12.0 Å². The second-order valence-corrected chi connectivity index (χ2v) is 4.66. The van der Waals surface area contributed by atoms with E-state index in [1.165, 1.54) is 6.07 Å². The zero-order chi connectivity index (χ0) is 13.2. The third kappa shape index (κ3) is 3.22. The summed E-state index contributed by atoms with van der Waals surface area (Å²) in [4.78, 5) is 0. The van der Waals surface area contributed by atoms with Gasteiger partial charge in [0.1, 0.15) is 0 Å². The lowest BCUT2D eigenvalue weighted by Gasteiger charge is -2.24. The summed E-state index contributed by atoms with van der Waals surface area (Å²) in [5.41, 5.74) is 0.199. The van der Waals surface area contributed by atoms with Crippen LogP contribution in [-0.4, -0.2) is 12.1 Å². The molecule has 1 rings (SSSR count). The predicted octanol–water partition coefficient (Wildman–Crippen LogP) is 3.59. The SMILES string of the molecule is CC(C)NC(C)C(C)c1ccc(F)c(F)c1F. The Hall–Kier alpha value is -1.03. The van der Waals surface area contributed by atoms with Crippen molar-refractivity contribution in [2.75, 3.05) is 0 Å². The van der Waals surface area contributed by atoms with Gasteiger partial charge in [0.15, 0.2) is 17.5 Å². The van der Waals surface area contributed by atoms with Crippen molar-refractivity contribution in [2.24, 2.45) is 0 Å². The van der Waals surface area contributed by atoms with Gasteiger partial charge in [0.25, 0.3) is 0 Å². The van der Waals surface area contributed by atoms with Crippen molar-refractivity contribution in [2.45, 2.75) is 45.7 Å². The molecular formula is C13H18F3N. The van der Waals surface area contributed by atoms with Gasteiger partial charge in [0, 0.05) is 12.1 Å². The lowest BCUT2D eigenvalue weighted by molar-refractivity contribution is 0.405. The number of hydrogen-bond donors (Lipinski definition) is 1. The molecule has 0 saturated heterocycles. The van der Waals surface area contributed by atoms with E-state index in [0.717, 1.165) is 6.07 Å². The summed E-state index contributed by atoms with van der Waals surface area (Å²) in [5, 5.41) is 3.22. The predicted molar refractivity (Wildman–Crippen MR) is 62.5 cm³/mol. The van der Waals surface area contributed by atoms with Gasteiger partial charge in [-0.15, -0.1) is 0 Å².